The Morgan fingerprint density at radius 2 is 0.538 bits per heavy atom. The van der Waals surface area contributed by atoms with Crippen molar-refractivity contribution in [1.82, 2.24) is 58.1 Å². The fourth-order valence-corrected chi connectivity index (χ4v) is 20.4. The molecule has 0 atom stereocenters. The van der Waals surface area contributed by atoms with Crippen molar-refractivity contribution in [3.05, 3.63) is 328 Å². The third-order valence-electron chi connectivity index (χ3n) is 20.2. The molecular weight excluding hydrogens is 1590 g/mol. The van der Waals surface area contributed by atoms with Crippen molar-refractivity contribution in [2.75, 3.05) is 107 Å². The van der Waals surface area contributed by atoms with E-state index in [9.17, 15) is 0 Å². The lowest BCUT2D eigenvalue weighted by Crippen LogP contribution is -2.22. The van der Waals surface area contributed by atoms with Crippen molar-refractivity contribution in [2.24, 2.45) is 0 Å². The molecule has 0 unspecified atom stereocenters. The molecule has 4 N–H and O–H groups in total. The monoisotopic (exact) mass is 1680 g/mol. The minimum absolute atomic E-state index is 0.879. The molecule has 0 aliphatic heterocycles. The van der Waals surface area contributed by atoms with E-state index in [4.69, 9.17) is 29.9 Å². The summed E-state index contributed by atoms with van der Waals surface area (Å²) in [4.78, 5) is 45.3. The maximum atomic E-state index is 4.98. The summed E-state index contributed by atoms with van der Waals surface area (Å²) in [6, 6.07) is 112. The summed E-state index contributed by atoms with van der Waals surface area (Å²) >= 11 is 11.8. The SMILES string of the molecule is CN(c1ccccc1)c1nc2ccccc2n1CCSCSCCn1c(N(C)c2ccccc2)nc2ccccc21.c1ccc(N(CCSCSCCN(c2ccccc2)c2nc3ccccc3[nH]2)c2nc3ccccc3[nH]2)cc1.c1ccc(Nc2nc3ccccc3n2CCSCSCCn2c(Nc3ccccc3)nc3ccccc32)cc1. The number of para-hydroxylation sites is 18. The molecule has 0 amide bonds. The molecule has 0 bridgehead atoms. The van der Waals surface area contributed by atoms with Gasteiger partial charge in [-0.1, -0.05) is 182 Å². The molecule has 0 saturated carbocycles. The number of nitrogens with one attached hydrogen (secondary N) is 4. The highest BCUT2D eigenvalue weighted by atomic mass is 32.2. The van der Waals surface area contributed by atoms with Crippen LogP contribution in [0, 0.1) is 0 Å². The lowest BCUT2D eigenvalue weighted by molar-refractivity contribution is 0.785. The average molecular weight is 1680 g/mol. The highest BCUT2D eigenvalue weighted by Crippen LogP contribution is 2.34. The molecule has 119 heavy (non-hydrogen) atoms. The van der Waals surface area contributed by atoms with E-state index in [0.29, 0.717) is 0 Å². The largest absolute Gasteiger partial charge is 0.326 e. The van der Waals surface area contributed by atoms with Gasteiger partial charge in [-0.15, -0.1) is 70.6 Å². The van der Waals surface area contributed by atoms with Crippen molar-refractivity contribution in [3.8, 4) is 0 Å². The first kappa shape index (κ1) is 81.1. The number of imidazole rings is 6. The first-order valence-electron chi connectivity index (χ1n) is 39.9. The summed E-state index contributed by atoms with van der Waals surface area (Å²) < 4.78 is 9.28. The van der Waals surface area contributed by atoms with Crippen LogP contribution in [0.25, 0.3) is 66.2 Å². The summed E-state index contributed by atoms with van der Waals surface area (Å²) in [6.45, 7) is 5.39. The summed E-state index contributed by atoms with van der Waals surface area (Å²) in [6.07, 6.45) is 0. The lowest BCUT2D eigenvalue weighted by atomic mass is 10.3. The molecule has 0 fully saturated rings. The van der Waals surface area contributed by atoms with Crippen LogP contribution >= 0.6 is 70.6 Å². The van der Waals surface area contributed by atoms with E-state index in [1.165, 1.54) is 11.0 Å². The molecular formula is C95H94N18S6. The van der Waals surface area contributed by atoms with Gasteiger partial charge in [-0.2, -0.15) is 0 Å². The quantitative estimate of drug-likeness (QED) is 0.0216. The van der Waals surface area contributed by atoms with E-state index in [1.807, 2.05) is 168 Å². The predicted molar refractivity (Wildman–Crippen MR) is 516 cm³/mol. The van der Waals surface area contributed by atoms with Crippen LogP contribution in [0.15, 0.2) is 328 Å². The van der Waals surface area contributed by atoms with Gasteiger partial charge in [-0.05, 0) is 146 Å². The fraction of sp³-hybridized carbons (Fsp3) is 0.179. The Balaban J connectivity index is 0.000000133. The zero-order valence-corrected chi connectivity index (χ0v) is 71.4. The lowest BCUT2D eigenvalue weighted by Gasteiger charge is -2.22. The molecule has 18 rings (SSSR count). The van der Waals surface area contributed by atoms with Crippen LogP contribution in [-0.4, -0.2) is 135 Å². The first-order chi connectivity index (χ1) is 58.9. The molecule has 600 valence electrons. The number of benzene rings is 12. The number of anilines is 12. The highest BCUT2D eigenvalue weighted by molar-refractivity contribution is 8.16. The topological polar surface area (TPSA) is 166 Å². The van der Waals surface area contributed by atoms with Crippen molar-refractivity contribution < 1.29 is 0 Å². The van der Waals surface area contributed by atoms with Crippen molar-refractivity contribution in [1.29, 1.82) is 0 Å². The van der Waals surface area contributed by atoms with Crippen LogP contribution in [0.4, 0.5) is 69.8 Å². The van der Waals surface area contributed by atoms with Crippen LogP contribution in [0.3, 0.4) is 0 Å². The van der Waals surface area contributed by atoms with E-state index < -0.39 is 0 Å². The molecule has 18 nitrogen and oxygen atoms in total. The summed E-state index contributed by atoms with van der Waals surface area (Å²) in [7, 11) is 4.19. The third-order valence-corrected chi connectivity index (χ3v) is 27.0. The maximum absolute atomic E-state index is 4.98. The Bertz CT molecular complexity index is 5730. The molecule has 12 aromatic carbocycles. The average Bonchev–Trinajstić information content (AvgIpc) is 1.67. The van der Waals surface area contributed by atoms with E-state index in [-0.39, 0.29) is 0 Å². The van der Waals surface area contributed by atoms with Crippen molar-refractivity contribution in [3.63, 3.8) is 0 Å². The maximum Gasteiger partial charge on any atom is 0.210 e. The summed E-state index contributed by atoms with van der Waals surface area (Å²) in [5.41, 5.74) is 19.5. The van der Waals surface area contributed by atoms with Gasteiger partial charge < -0.3 is 58.5 Å². The molecule has 0 spiro atoms. The molecule has 0 aliphatic carbocycles. The normalized spacial score (nSPS) is 11.3. The molecule has 18 aromatic rings. The van der Waals surface area contributed by atoms with Gasteiger partial charge in [0.05, 0.1) is 66.2 Å². The van der Waals surface area contributed by atoms with E-state index in [0.717, 1.165) is 214 Å². The number of aryl methyl sites for hydroxylation is 4. The van der Waals surface area contributed by atoms with Crippen LogP contribution in [-0.2, 0) is 26.2 Å². The minimum atomic E-state index is 0.879. The van der Waals surface area contributed by atoms with Gasteiger partial charge >= 0.3 is 0 Å². The molecule has 24 heteroatoms. The number of hydrogen-bond acceptors (Lipinski definition) is 18. The van der Waals surface area contributed by atoms with Crippen LogP contribution in [0.1, 0.15) is 0 Å². The molecule has 6 heterocycles. The zero-order chi connectivity index (χ0) is 80.6. The fourth-order valence-electron chi connectivity index (χ4n) is 14.2. The molecule has 6 aromatic heterocycles. The molecule has 0 saturated heterocycles. The predicted octanol–water partition coefficient (Wildman–Crippen LogP) is 23.9. The Hall–Kier alpha value is -11.6. The number of H-pyrrole nitrogens is 2. The van der Waals surface area contributed by atoms with Gasteiger partial charge in [0.1, 0.15) is 0 Å². The second kappa shape index (κ2) is 41.2. The Kier molecular flexibility index (Phi) is 28.1. The summed E-state index contributed by atoms with van der Waals surface area (Å²) in [5, 5.41) is 10.1. The number of nitrogens with zero attached hydrogens (tertiary/aromatic N) is 14. The van der Waals surface area contributed by atoms with Gasteiger partial charge in [0.15, 0.2) is 0 Å². The van der Waals surface area contributed by atoms with E-state index >= 15 is 0 Å². The van der Waals surface area contributed by atoms with Gasteiger partial charge in [0, 0.05) is 137 Å². The van der Waals surface area contributed by atoms with Gasteiger partial charge in [-0.25, -0.2) is 29.9 Å². The summed E-state index contributed by atoms with van der Waals surface area (Å²) in [5.74, 6) is 11.6. The van der Waals surface area contributed by atoms with Crippen molar-refractivity contribution >= 4 is 207 Å². The zero-order valence-electron chi connectivity index (χ0n) is 66.5. The molecule has 0 aliphatic rings. The van der Waals surface area contributed by atoms with Crippen LogP contribution in [0.5, 0.6) is 0 Å². The first-order valence-corrected chi connectivity index (χ1v) is 46.9. The minimum Gasteiger partial charge on any atom is -0.326 e. The van der Waals surface area contributed by atoms with E-state index in [1.54, 1.807) is 0 Å². The number of fused-ring (bicyclic) bond motifs is 6. The number of aromatic nitrogens is 12. The van der Waals surface area contributed by atoms with Crippen molar-refractivity contribution in [2.45, 2.75) is 26.2 Å². The molecule has 0 radical (unpaired) electrons. The number of thioether (sulfide) groups is 6. The second-order valence-corrected chi connectivity index (χ2v) is 35.7. The Morgan fingerprint density at radius 3 is 0.882 bits per heavy atom. The third kappa shape index (κ3) is 20.7. The number of hydrogen-bond donors (Lipinski definition) is 4. The Morgan fingerprint density at radius 1 is 0.269 bits per heavy atom. The van der Waals surface area contributed by atoms with Crippen LogP contribution in [0.2, 0.25) is 0 Å². The van der Waals surface area contributed by atoms with Gasteiger partial charge in [0.25, 0.3) is 0 Å². The van der Waals surface area contributed by atoms with E-state index in [2.05, 4.69) is 303 Å². The highest BCUT2D eigenvalue weighted by Gasteiger charge is 2.21. The number of rotatable bonds is 36. The number of aromatic amines is 2. The smallest absolute Gasteiger partial charge is 0.210 e. The van der Waals surface area contributed by atoms with Crippen LogP contribution < -0.4 is 30.2 Å². The van der Waals surface area contributed by atoms with Gasteiger partial charge in [-0.3, -0.25) is 0 Å². The Labute approximate surface area is 720 Å². The standard InChI is InChI=1S/C33H34N6S2.2C31H30N6S2/c1-36(26-13-5-3-6-14-26)32-34-28-17-9-11-19-30(28)38(32)21-23-40-25-41-24-22-39-31-20-12-10-18-29(31)35-33(39)37(2)27-15-7-4-8-16-27;1-3-11-24(12-4-1)32-30-34-26-15-7-9-17-28(26)36(30)19-21-38-23-39-22-20-37-29-18-10-8-16-27(29)35-31(37)33-25-13-5-2-6-14-25;1-3-11-24(12-4-1)36(30-32-26-15-7-8-16-27(26)33-30)19-21-38-23-39-22-20-37(25-13-5-2-6-14-25)31-34-28-17-9-10-18-29(28)35-31/h3-20H,21-25H2,1-2H3;1-18H,19-23H2,(H,32,34)(H,33,35);1-18H,19-23H2,(H,32,33)(H,34,35). The second-order valence-electron chi connectivity index (χ2n) is 28.0. The van der Waals surface area contributed by atoms with Gasteiger partial charge in [0.2, 0.25) is 35.7 Å².